The van der Waals surface area contributed by atoms with Gasteiger partial charge in [-0.3, -0.25) is 4.79 Å². The molecule has 0 saturated heterocycles. The highest BCUT2D eigenvalue weighted by Crippen LogP contribution is 2.17. The van der Waals surface area contributed by atoms with Gasteiger partial charge in [-0.2, -0.15) is 0 Å². The minimum Gasteiger partial charge on any atom is -0.462 e. The first-order valence-corrected chi connectivity index (χ1v) is 8.43. The van der Waals surface area contributed by atoms with Gasteiger partial charge in [-0.05, 0) is 48.9 Å². The maximum atomic E-state index is 13.0. The van der Waals surface area contributed by atoms with Gasteiger partial charge in [0.1, 0.15) is 11.8 Å². The van der Waals surface area contributed by atoms with E-state index in [1.165, 1.54) is 42.5 Å². The lowest BCUT2D eigenvalue weighted by Gasteiger charge is -2.18. The maximum Gasteiger partial charge on any atom is 0.337 e. The van der Waals surface area contributed by atoms with Crippen molar-refractivity contribution in [3.63, 3.8) is 0 Å². The summed E-state index contributed by atoms with van der Waals surface area (Å²) in [5.41, 5.74) is 0.677. The Balaban J connectivity index is 2.07. The lowest BCUT2D eigenvalue weighted by Crippen LogP contribution is -2.36. The normalized spacial score (nSPS) is 15.8. The quantitative estimate of drug-likeness (QED) is 0.463. The van der Waals surface area contributed by atoms with Crippen molar-refractivity contribution in [2.75, 3.05) is 6.61 Å². The fourth-order valence-electron chi connectivity index (χ4n) is 2.39. The molecule has 1 amide bonds. The summed E-state index contributed by atoms with van der Waals surface area (Å²) in [6, 6.07) is 4.19. The van der Waals surface area contributed by atoms with Crippen LogP contribution in [0.2, 0.25) is 0 Å². The smallest absolute Gasteiger partial charge is 0.337 e. The van der Waals surface area contributed by atoms with Crippen LogP contribution in [0.3, 0.4) is 0 Å². The SMILES string of the molecule is CCCCCOC(=O)C1=CC(NC(=O)c2ccc(F)cc2)C(=C=O)C=C1. The Labute approximate surface area is 151 Å². The molecule has 1 aromatic rings. The molecule has 2 rings (SSSR count). The largest absolute Gasteiger partial charge is 0.462 e. The molecule has 0 bridgehead atoms. The molecule has 5 nitrogen and oxygen atoms in total. The van der Waals surface area contributed by atoms with Crippen LogP contribution in [0.5, 0.6) is 0 Å². The summed E-state index contributed by atoms with van der Waals surface area (Å²) in [5, 5.41) is 2.62. The van der Waals surface area contributed by atoms with Gasteiger partial charge in [0.05, 0.1) is 23.8 Å². The summed E-state index contributed by atoms with van der Waals surface area (Å²) in [4.78, 5) is 35.4. The van der Waals surface area contributed by atoms with Crippen molar-refractivity contribution in [2.45, 2.75) is 32.2 Å². The highest BCUT2D eigenvalue weighted by atomic mass is 19.1. The van der Waals surface area contributed by atoms with E-state index in [0.717, 1.165) is 19.3 Å². The first-order valence-electron chi connectivity index (χ1n) is 8.43. The van der Waals surface area contributed by atoms with Gasteiger partial charge in [-0.15, -0.1) is 0 Å². The zero-order valence-corrected chi connectivity index (χ0v) is 14.5. The monoisotopic (exact) mass is 357 g/mol. The maximum absolute atomic E-state index is 13.0. The van der Waals surface area contributed by atoms with Crippen molar-refractivity contribution in [2.24, 2.45) is 0 Å². The Kier molecular flexibility index (Phi) is 7.06. The molecule has 1 aliphatic rings. The Morgan fingerprint density at radius 3 is 2.58 bits per heavy atom. The van der Waals surface area contributed by atoms with Crippen LogP contribution in [0.4, 0.5) is 4.39 Å². The number of esters is 1. The second-order valence-electron chi connectivity index (χ2n) is 5.81. The van der Waals surface area contributed by atoms with Crippen molar-refractivity contribution in [3.8, 4) is 0 Å². The number of nitrogens with one attached hydrogen (secondary N) is 1. The van der Waals surface area contributed by atoms with Crippen molar-refractivity contribution in [1.29, 1.82) is 0 Å². The van der Waals surface area contributed by atoms with Crippen molar-refractivity contribution >= 4 is 17.8 Å². The standard InChI is InChI=1S/C20H20FNO4/c1-2-3-4-11-26-20(25)15-5-6-16(13-23)18(12-15)22-19(24)14-7-9-17(21)10-8-14/h5-10,12,18H,2-4,11H2,1H3,(H,22,24). The van der Waals surface area contributed by atoms with Gasteiger partial charge in [0.2, 0.25) is 0 Å². The summed E-state index contributed by atoms with van der Waals surface area (Å²) in [6.45, 7) is 2.37. The van der Waals surface area contributed by atoms with Crippen molar-refractivity contribution < 1.29 is 23.5 Å². The van der Waals surface area contributed by atoms with Crippen LogP contribution in [-0.2, 0) is 14.3 Å². The molecule has 0 heterocycles. The molecule has 0 aromatic heterocycles. The molecule has 0 fully saturated rings. The number of amides is 1. The highest BCUT2D eigenvalue weighted by molar-refractivity contribution is 5.96. The number of hydrogen-bond acceptors (Lipinski definition) is 4. The molecule has 1 aliphatic carbocycles. The number of carbonyl (C=O) groups is 2. The predicted molar refractivity (Wildman–Crippen MR) is 94.6 cm³/mol. The number of rotatable bonds is 7. The summed E-state index contributed by atoms with van der Waals surface area (Å²) in [7, 11) is 0. The summed E-state index contributed by atoms with van der Waals surface area (Å²) in [6.07, 6.45) is 7.10. The number of halogens is 1. The topological polar surface area (TPSA) is 72.5 Å². The Morgan fingerprint density at radius 1 is 1.19 bits per heavy atom. The first kappa shape index (κ1) is 19.3. The van der Waals surface area contributed by atoms with Crippen LogP contribution < -0.4 is 5.32 Å². The molecule has 0 radical (unpaired) electrons. The van der Waals surface area contributed by atoms with Crippen LogP contribution in [0.1, 0.15) is 36.5 Å². The minimum absolute atomic E-state index is 0.183. The van der Waals surface area contributed by atoms with Gasteiger partial charge in [-0.25, -0.2) is 14.0 Å². The summed E-state index contributed by atoms with van der Waals surface area (Å²) >= 11 is 0. The third kappa shape index (κ3) is 5.26. The zero-order valence-electron chi connectivity index (χ0n) is 14.5. The van der Waals surface area contributed by atoms with Gasteiger partial charge in [0.15, 0.2) is 0 Å². The molecule has 0 spiro atoms. The molecule has 6 heteroatoms. The molecule has 0 saturated carbocycles. The van der Waals surface area contributed by atoms with Crippen LogP contribution in [0.25, 0.3) is 0 Å². The van der Waals surface area contributed by atoms with E-state index in [9.17, 15) is 18.8 Å². The van der Waals surface area contributed by atoms with Crippen LogP contribution in [-0.4, -0.2) is 30.5 Å². The second kappa shape index (κ2) is 9.49. The third-order valence-electron chi connectivity index (χ3n) is 3.85. The summed E-state index contributed by atoms with van der Waals surface area (Å²) in [5.74, 6) is 0.287. The van der Waals surface area contributed by atoms with E-state index in [2.05, 4.69) is 12.2 Å². The van der Waals surface area contributed by atoms with Gasteiger partial charge >= 0.3 is 5.97 Å². The van der Waals surface area contributed by atoms with Gasteiger partial charge in [0.25, 0.3) is 5.91 Å². The average molecular weight is 357 g/mol. The van der Waals surface area contributed by atoms with Gasteiger partial charge in [0, 0.05) is 5.56 Å². The molecule has 1 atom stereocenters. The van der Waals surface area contributed by atoms with E-state index in [0.29, 0.717) is 6.61 Å². The van der Waals surface area contributed by atoms with Crippen molar-refractivity contribution in [3.05, 3.63) is 65.0 Å². The lowest BCUT2D eigenvalue weighted by atomic mass is 9.98. The second-order valence-corrected chi connectivity index (χ2v) is 5.81. The fourth-order valence-corrected chi connectivity index (χ4v) is 2.39. The average Bonchev–Trinajstić information content (AvgIpc) is 2.65. The fraction of sp³-hybridized carbons (Fsp3) is 0.300. The van der Waals surface area contributed by atoms with Crippen LogP contribution in [0.15, 0.2) is 53.6 Å². The van der Waals surface area contributed by atoms with Gasteiger partial charge < -0.3 is 10.1 Å². The highest BCUT2D eigenvalue weighted by Gasteiger charge is 2.22. The Bertz CT molecular complexity index is 774. The Morgan fingerprint density at radius 2 is 1.92 bits per heavy atom. The number of hydrogen-bond donors (Lipinski definition) is 1. The first-order chi connectivity index (χ1) is 12.5. The van der Waals surface area contributed by atoms with Crippen molar-refractivity contribution in [1.82, 2.24) is 5.32 Å². The predicted octanol–water partition coefficient (Wildman–Crippen LogP) is 2.91. The number of benzene rings is 1. The van der Waals surface area contributed by atoms with E-state index < -0.39 is 23.7 Å². The molecule has 1 aromatic carbocycles. The van der Waals surface area contributed by atoms with E-state index in [1.54, 1.807) is 5.94 Å². The number of carbonyl (C=O) groups excluding carboxylic acids is 3. The van der Waals surface area contributed by atoms with Gasteiger partial charge in [-0.1, -0.05) is 19.8 Å². The molecule has 1 N–H and O–H groups in total. The van der Waals surface area contributed by atoms with E-state index in [1.807, 2.05) is 0 Å². The molecular formula is C20H20FNO4. The van der Waals surface area contributed by atoms with Crippen LogP contribution >= 0.6 is 0 Å². The minimum atomic E-state index is -0.812. The number of unbranched alkanes of at least 4 members (excludes halogenated alkanes) is 2. The molecule has 0 aliphatic heterocycles. The number of ether oxygens (including phenoxy) is 1. The molecule has 136 valence electrons. The van der Waals surface area contributed by atoms with Crippen LogP contribution in [0, 0.1) is 5.82 Å². The van der Waals surface area contributed by atoms with E-state index >= 15 is 0 Å². The third-order valence-corrected chi connectivity index (χ3v) is 3.85. The zero-order chi connectivity index (χ0) is 18.9. The summed E-state index contributed by atoms with van der Waals surface area (Å²) < 4.78 is 18.1. The van der Waals surface area contributed by atoms with E-state index in [4.69, 9.17) is 4.74 Å². The molecular weight excluding hydrogens is 337 g/mol. The lowest BCUT2D eigenvalue weighted by molar-refractivity contribution is -0.138. The Hall–Kier alpha value is -2.98. The molecule has 1 unspecified atom stereocenters. The van der Waals surface area contributed by atoms with E-state index in [-0.39, 0.29) is 16.7 Å². The molecule has 26 heavy (non-hydrogen) atoms.